The van der Waals surface area contributed by atoms with Crippen molar-refractivity contribution >= 4 is 29.9 Å². The molecule has 1 aliphatic carbocycles. The fourth-order valence-electron chi connectivity index (χ4n) is 1.51. The maximum atomic E-state index is 4.57. The van der Waals surface area contributed by atoms with Crippen LogP contribution in [0.2, 0.25) is 0 Å². The third kappa shape index (κ3) is 7.08. The Morgan fingerprint density at radius 3 is 2.53 bits per heavy atom. The van der Waals surface area contributed by atoms with Gasteiger partial charge in [-0.25, -0.2) is 0 Å². The number of guanidine groups is 1. The summed E-state index contributed by atoms with van der Waals surface area (Å²) in [6, 6.07) is 0.640. The van der Waals surface area contributed by atoms with E-state index in [1.54, 1.807) is 0 Å². The Bertz CT molecular complexity index is 233. The minimum atomic E-state index is 0. The summed E-state index contributed by atoms with van der Waals surface area (Å²) in [6.45, 7) is 10.4. The summed E-state index contributed by atoms with van der Waals surface area (Å²) >= 11 is 0. The largest absolute Gasteiger partial charge is 0.357 e. The zero-order valence-electron chi connectivity index (χ0n) is 11.5. The lowest BCUT2D eigenvalue weighted by Crippen LogP contribution is -2.39. The van der Waals surface area contributed by atoms with Crippen molar-refractivity contribution in [1.29, 1.82) is 0 Å². The molecule has 1 fully saturated rings. The molecule has 0 radical (unpaired) electrons. The molecule has 0 aliphatic heterocycles. The normalized spacial score (nSPS) is 23.2. The molecule has 0 amide bonds. The van der Waals surface area contributed by atoms with E-state index >= 15 is 0 Å². The molecule has 0 aromatic heterocycles. The van der Waals surface area contributed by atoms with Crippen molar-refractivity contribution in [3.05, 3.63) is 0 Å². The summed E-state index contributed by atoms with van der Waals surface area (Å²) < 4.78 is 0. The van der Waals surface area contributed by atoms with Gasteiger partial charge in [0.2, 0.25) is 0 Å². The zero-order chi connectivity index (χ0) is 12.0. The third-order valence-corrected chi connectivity index (χ3v) is 3.07. The topological polar surface area (TPSA) is 39.7 Å². The monoisotopic (exact) mass is 354 g/mol. The SMILES string of the molecule is CCNC(=NCCN(C)CC)NC1CC1C.I. The summed E-state index contributed by atoms with van der Waals surface area (Å²) in [4.78, 5) is 6.84. The van der Waals surface area contributed by atoms with Crippen LogP contribution in [-0.4, -0.2) is 50.1 Å². The number of hydrogen-bond donors (Lipinski definition) is 2. The lowest BCUT2D eigenvalue weighted by atomic mass is 10.5. The van der Waals surface area contributed by atoms with E-state index in [1.165, 1.54) is 6.42 Å². The molecule has 5 heteroatoms. The van der Waals surface area contributed by atoms with Crippen molar-refractivity contribution in [3.63, 3.8) is 0 Å². The average Bonchev–Trinajstić information content (AvgIpc) is 2.94. The Morgan fingerprint density at radius 1 is 1.41 bits per heavy atom. The van der Waals surface area contributed by atoms with E-state index in [9.17, 15) is 0 Å². The highest BCUT2D eigenvalue weighted by Gasteiger charge is 2.33. The number of hydrogen-bond acceptors (Lipinski definition) is 2. The van der Waals surface area contributed by atoms with Crippen molar-refractivity contribution in [2.75, 3.05) is 33.2 Å². The van der Waals surface area contributed by atoms with Crippen LogP contribution < -0.4 is 10.6 Å². The molecule has 0 aromatic rings. The van der Waals surface area contributed by atoms with E-state index < -0.39 is 0 Å². The zero-order valence-corrected chi connectivity index (χ0v) is 13.8. The number of likely N-dealkylation sites (N-methyl/N-ethyl adjacent to an activating group) is 1. The van der Waals surface area contributed by atoms with Gasteiger partial charge in [-0.1, -0.05) is 13.8 Å². The molecule has 0 saturated heterocycles. The maximum absolute atomic E-state index is 4.57. The van der Waals surface area contributed by atoms with Gasteiger partial charge >= 0.3 is 0 Å². The molecule has 1 saturated carbocycles. The molecule has 2 unspecified atom stereocenters. The van der Waals surface area contributed by atoms with Gasteiger partial charge in [0.05, 0.1) is 6.54 Å². The van der Waals surface area contributed by atoms with E-state index in [1.807, 2.05) is 0 Å². The number of rotatable bonds is 6. The number of nitrogens with zero attached hydrogens (tertiary/aromatic N) is 2. The van der Waals surface area contributed by atoms with Gasteiger partial charge < -0.3 is 15.5 Å². The summed E-state index contributed by atoms with van der Waals surface area (Å²) in [5.74, 6) is 1.78. The maximum Gasteiger partial charge on any atom is 0.191 e. The average molecular weight is 354 g/mol. The molecular formula is C12H27IN4. The lowest BCUT2D eigenvalue weighted by Gasteiger charge is -2.14. The summed E-state index contributed by atoms with van der Waals surface area (Å²) in [6.07, 6.45) is 1.28. The van der Waals surface area contributed by atoms with Crippen molar-refractivity contribution in [2.45, 2.75) is 33.2 Å². The van der Waals surface area contributed by atoms with Crippen LogP contribution in [0.5, 0.6) is 0 Å². The van der Waals surface area contributed by atoms with Crippen LogP contribution in [0, 0.1) is 5.92 Å². The molecule has 0 spiro atoms. The van der Waals surface area contributed by atoms with Gasteiger partial charge in [-0.2, -0.15) is 0 Å². The van der Waals surface area contributed by atoms with E-state index in [0.717, 1.165) is 38.1 Å². The molecule has 0 aromatic carbocycles. The molecular weight excluding hydrogens is 327 g/mol. The second-order valence-corrected chi connectivity index (χ2v) is 4.62. The second-order valence-electron chi connectivity index (χ2n) is 4.62. The Morgan fingerprint density at radius 2 is 2.06 bits per heavy atom. The van der Waals surface area contributed by atoms with Gasteiger partial charge in [-0.3, -0.25) is 4.99 Å². The van der Waals surface area contributed by atoms with Gasteiger partial charge in [0.15, 0.2) is 5.96 Å². The molecule has 4 nitrogen and oxygen atoms in total. The first-order valence-electron chi connectivity index (χ1n) is 6.40. The second kappa shape index (κ2) is 8.97. The van der Waals surface area contributed by atoms with Crippen LogP contribution in [0.25, 0.3) is 0 Å². The minimum absolute atomic E-state index is 0. The Labute approximate surface area is 123 Å². The van der Waals surface area contributed by atoms with Crippen LogP contribution in [0.15, 0.2) is 4.99 Å². The Kier molecular flexibility index (Phi) is 8.94. The first kappa shape index (κ1) is 17.0. The third-order valence-electron chi connectivity index (χ3n) is 3.07. The highest BCUT2D eigenvalue weighted by atomic mass is 127. The van der Waals surface area contributed by atoms with Gasteiger partial charge in [-0.15, -0.1) is 24.0 Å². The number of aliphatic imine (C=N–C) groups is 1. The van der Waals surface area contributed by atoms with Crippen molar-refractivity contribution in [1.82, 2.24) is 15.5 Å². The van der Waals surface area contributed by atoms with Gasteiger partial charge in [0.25, 0.3) is 0 Å². The van der Waals surface area contributed by atoms with Crippen molar-refractivity contribution in [2.24, 2.45) is 10.9 Å². The molecule has 2 N–H and O–H groups in total. The highest BCUT2D eigenvalue weighted by Crippen LogP contribution is 2.28. The first-order valence-corrected chi connectivity index (χ1v) is 6.40. The Balaban J connectivity index is 0.00000256. The first-order chi connectivity index (χ1) is 7.67. The molecule has 102 valence electrons. The van der Waals surface area contributed by atoms with Crippen LogP contribution in [0.4, 0.5) is 0 Å². The van der Waals surface area contributed by atoms with Crippen LogP contribution >= 0.6 is 24.0 Å². The molecule has 1 aliphatic rings. The van der Waals surface area contributed by atoms with Crippen molar-refractivity contribution < 1.29 is 0 Å². The van der Waals surface area contributed by atoms with E-state index in [-0.39, 0.29) is 24.0 Å². The fourth-order valence-corrected chi connectivity index (χ4v) is 1.51. The number of nitrogens with one attached hydrogen (secondary N) is 2. The predicted octanol–water partition coefficient (Wildman–Crippen LogP) is 1.52. The standard InChI is InChI=1S/C12H26N4.HI/c1-5-13-12(15-11-9-10(11)3)14-7-8-16(4)6-2;/h10-11H,5-9H2,1-4H3,(H2,13,14,15);1H. The quantitative estimate of drug-likeness (QED) is 0.432. The predicted molar refractivity (Wildman–Crippen MR) is 85.3 cm³/mol. The van der Waals surface area contributed by atoms with Crippen LogP contribution in [0.1, 0.15) is 27.2 Å². The fraction of sp³-hybridized carbons (Fsp3) is 0.917. The van der Waals surface area contributed by atoms with Crippen LogP contribution in [0.3, 0.4) is 0 Å². The van der Waals surface area contributed by atoms with Gasteiger partial charge in [0.1, 0.15) is 0 Å². The summed E-state index contributed by atoms with van der Waals surface area (Å²) in [5.41, 5.74) is 0. The van der Waals surface area contributed by atoms with E-state index in [4.69, 9.17) is 0 Å². The van der Waals surface area contributed by atoms with E-state index in [2.05, 4.69) is 48.3 Å². The highest BCUT2D eigenvalue weighted by molar-refractivity contribution is 14.0. The van der Waals surface area contributed by atoms with Gasteiger partial charge in [0, 0.05) is 19.1 Å². The van der Waals surface area contributed by atoms with E-state index in [0.29, 0.717) is 6.04 Å². The lowest BCUT2D eigenvalue weighted by molar-refractivity contribution is 0.363. The number of halogens is 1. The van der Waals surface area contributed by atoms with Crippen molar-refractivity contribution in [3.8, 4) is 0 Å². The Hall–Kier alpha value is -0.0400. The summed E-state index contributed by atoms with van der Waals surface area (Å²) in [5, 5.41) is 6.74. The van der Waals surface area contributed by atoms with Gasteiger partial charge in [-0.05, 0) is 32.9 Å². The molecule has 17 heavy (non-hydrogen) atoms. The molecule has 0 bridgehead atoms. The molecule has 0 heterocycles. The summed E-state index contributed by atoms with van der Waals surface area (Å²) in [7, 11) is 2.12. The molecule has 2 atom stereocenters. The molecule has 1 rings (SSSR count). The van der Waals surface area contributed by atoms with Crippen LogP contribution in [-0.2, 0) is 0 Å². The smallest absolute Gasteiger partial charge is 0.191 e. The minimum Gasteiger partial charge on any atom is -0.357 e.